The molecule has 1 saturated carbocycles. The van der Waals surface area contributed by atoms with Gasteiger partial charge in [0.15, 0.2) is 0 Å². The first kappa shape index (κ1) is 13.0. The molecule has 2 rings (SSSR count). The van der Waals surface area contributed by atoms with E-state index in [0.717, 1.165) is 18.4 Å². The number of nitrogens with zero attached hydrogens (tertiary/aromatic N) is 1. The van der Waals surface area contributed by atoms with Crippen LogP contribution in [0, 0.1) is 11.8 Å². The number of likely N-dealkylation sites (tertiary alicyclic amines) is 1. The number of likely N-dealkylation sites (N-methyl/N-ethyl adjacent to an activating group) is 1. The van der Waals surface area contributed by atoms with Crippen LogP contribution >= 0.6 is 0 Å². The topological polar surface area (TPSA) is 29.3 Å². The van der Waals surface area contributed by atoms with E-state index in [0.29, 0.717) is 6.04 Å². The number of fused-ring (bicyclic) bond motifs is 1. The van der Waals surface area contributed by atoms with Crippen LogP contribution in [0.2, 0.25) is 0 Å². The van der Waals surface area contributed by atoms with Gasteiger partial charge in [0.05, 0.1) is 0 Å². The Bertz CT molecular complexity index is 170. The fourth-order valence-electron chi connectivity index (χ4n) is 3.00. The summed E-state index contributed by atoms with van der Waals surface area (Å²) in [6, 6.07) is 0.453. The number of hydrogen-bond donors (Lipinski definition) is 1. The zero-order chi connectivity index (χ0) is 11.3. The minimum atomic E-state index is 0.453. The molecule has 3 unspecified atom stereocenters. The van der Waals surface area contributed by atoms with E-state index in [1.165, 1.54) is 38.6 Å². The van der Waals surface area contributed by atoms with Crippen LogP contribution in [0.5, 0.6) is 0 Å². The highest BCUT2D eigenvalue weighted by atomic mass is 15.1. The standard InChI is InChI=1S/C10H20N2.C3H8/c1-12-6-8-4-2-3-5-9(8)10(11)7-12;1-3-2/h8-10H,2-7,11H2,1H3;3H2,1-2H3. The monoisotopic (exact) mass is 212 g/mol. The Balaban J connectivity index is 0.000000337. The largest absolute Gasteiger partial charge is 0.326 e. The van der Waals surface area contributed by atoms with Crippen molar-refractivity contribution in [2.24, 2.45) is 17.6 Å². The average molecular weight is 212 g/mol. The van der Waals surface area contributed by atoms with Crippen LogP contribution in [-0.2, 0) is 0 Å². The maximum Gasteiger partial charge on any atom is 0.0199 e. The van der Waals surface area contributed by atoms with E-state index in [9.17, 15) is 0 Å². The first-order valence-electron chi connectivity index (χ1n) is 6.63. The van der Waals surface area contributed by atoms with E-state index >= 15 is 0 Å². The maximum absolute atomic E-state index is 6.14. The zero-order valence-corrected chi connectivity index (χ0v) is 10.7. The van der Waals surface area contributed by atoms with Crippen molar-refractivity contribution in [3.05, 3.63) is 0 Å². The summed E-state index contributed by atoms with van der Waals surface area (Å²) >= 11 is 0. The van der Waals surface area contributed by atoms with Gasteiger partial charge >= 0.3 is 0 Å². The number of hydrogen-bond acceptors (Lipinski definition) is 2. The van der Waals surface area contributed by atoms with Gasteiger partial charge in [-0.3, -0.25) is 0 Å². The Labute approximate surface area is 95.2 Å². The molecule has 2 fully saturated rings. The molecule has 0 radical (unpaired) electrons. The lowest BCUT2D eigenvalue weighted by Crippen LogP contribution is -2.52. The second-order valence-corrected chi connectivity index (χ2v) is 5.30. The van der Waals surface area contributed by atoms with E-state index in [-0.39, 0.29) is 0 Å². The van der Waals surface area contributed by atoms with Gasteiger partial charge in [-0.2, -0.15) is 0 Å². The molecule has 0 aromatic heterocycles. The number of rotatable bonds is 0. The van der Waals surface area contributed by atoms with Gasteiger partial charge in [0, 0.05) is 19.1 Å². The van der Waals surface area contributed by atoms with Crippen LogP contribution in [0.25, 0.3) is 0 Å². The molecule has 2 heteroatoms. The Morgan fingerprint density at radius 3 is 2.40 bits per heavy atom. The van der Waals surface area contributed by atoms with Crippen molar-refractivity contribution < 1.29 is 0 Å². The molecule has 1 aliphatic heterocycles. The highest BCUT2D eigenvalue weighted by molar-refractivity contribution is 4.90. The molecule has 1 saturated heterocycles. The fourth-order valence-corrected chi connectivity index (χ4v) is 3.00. The van der Waals surface area contributed by atoms with Crippen LogP contribution in [0.3, 0.4) is 0 Å². The highest BCUT2D eigenvalue weighted by Crippen LogP contribution is 2.34. The van der Waals surface area contributed by atoms with Crippen molar-refractivity contribution >= 4 is 0 Å². The fraction of sp³-hybridized carbons (Fsp3) is 1.00. The third-order valence-electron chi connectivity index (χ3n) is 3.59. The minimum Gasteiger partial charge on any atom is -0.326 e. The third-order valence-corrected chi connectivity index (χ3v) is 3.59. The molecule has 1 aliphatic carbocycles. The predicted octanol–water partition coefficient (Wildman–Crippen LogP) is 2.48. The Morgan fingerprint density at radius 2 is 1.73 bits per heavy atom. The molecule has 90 valence electrons. The predicted molar refractivity (Wildman–Crippen MR) is 66.9 cm³/mol. The molecular weight excluding hydrogens is 184 g/mol. The van der Waals surface area contributed by atoms with E-state index in [1.54, 1.807) is 0 Å². The van der Waals surface area contributed by atoms with Gasteiger partial charge in [-0.25, -0.2) is 0 Å². The average Bonchev–Trinajstić information content (AvgIpc) is 2.18. The summed E-state index contributed by atoms with van der Waals surface area (Å²) in [4.78, 5) is 2.40. The van der Waals surface area contributed by atoms with Crippen LogP contribution in [0.15, 0.2) is 0 Å². The van der Waals surface area contributed by atoms with Gasteiger partial charge < -0.3 is 10.6 Å². The van der Waals surface area contributed by atoms with Crippen molar-refractivity contribution in [2.75, 3.05) is 20.1 Å². The van der Waals surface area contributed by atoms with Crippen molar-refractivity contribution in [3.63, 3.8) is 0 Å². The smallest absolute Gasteiger partial charge is 0.0199 e. The molecule has 0 aromatic rings. The second kappa shape index (κ2) is 6.49. The van der Waals surface area contributed by atoms with Crippen LogP contribution in [-0.4, -0.2) is 31.1 Å². The molecule has 15 heavy (non-hydrogen) atoms. The molecule has 0 aromatic carbocycles. The van der Waals surface area contributed by atoms with Crippen molar-refractivity contribution in [3.8, 4) is 0 Å². The number of nitrogens with two attached hydrogens (primary N) is 1. The lowest BCUT2D eigenvalue weighted by molar-refractivity contribution is 0.0845. The van der Waals surface area contributed by atoms with Crippen LogP contribution in [0.4, 0.5) is 0 Å². The summed E-state index contributed by atoms with van der Waals surface area (Å²) in [5, 5.41) is 0. The van der Waals surface area contributed by atoms with Gasteiger partial charge in [-0.05, 0) is 31.7 Å². The molecule has 0 spiro atoms. The molecule has 0 amide bonds. The summed E-state index contributed by atoms with van der Waals surface area (Å²) in [6.45, 7) is 6.65. The molecule has 2 N–H and O–H groups in total. The van der Waals surface area contributed by atoms with E-state index in [4.69, 9.17) is 5.73 Å². The van der Waals surface area contributed by atoms with Gasteiger partial charge in [-0.1, -0.05) is 33.1 Å². The molecule has 1 heterocycles. The minimum absolute atomic E-state index is 0.453. The third kappa shape index (κ3) is 3.76. The summed E-state index contributed by atoms with van der Waals surface area (Å²) in [6.07, 6.45) is 6.91. The molecule has 2 nitrogen and oxygen atoms in total. The maximum atomic E-state index is 6.14. The SMILES string of the molecule is CCC.CN1CC(N)C2CCCCC2C1. The Hall–Kier alpha value is -0.0800. The van der Waals surface area contributed by atoms with Gasteiger partial charge in [0.1, 0.15) is 0 Å². The van der Waals surface area contributed by atoms with Crippen molar-refractivity contribution in [2.45, 2.75) is 52.0 Å². The number of piperidine rings is 1. The van der Waals surface area contributed by atoms with Crippen molar-refractivity contribution in [1.82, 2.24) is 4.90 Å². The lowest BCUT2D eigenvalue weighted by Gasteiger charge is -2.43. The lowest BCUT2D eigenvalue weighted by atomic mass is 9.73. The summed E-state index contributed by atoms with van der Waals surface area (Å²) in [5.74, 6) is 1.75. The zero-order valence-electron chi connectivity index (χ0n) is 10.7. The molecular formula is C13H28N2. The van der Waals surface area contributed by atoms with Gasteiger partial charge in [0.25, 0.3) is 0 Å². The normalized spacial score (nSPS) is 36.4. The van der Waals surface area contributed by atoms with Crippen molar-refractivity contribution in [1.29, 1.82) is 0 Å². The quantitative estimate of drug-likeness (QED) is 0.668. The van der Waals surface area contributed by atoms with E-state index < -0.39 is 0 Å². The summed E-state index contributed by atoms with van der Waals surface area (Å²) in [5.41, 5.74) is 6.14. The highest BCUT2D eigenvalue weighted by Gasteiger charge is 2.34. The van der Waals surface area contributed by atoms with E-state index in [1.807, 2.05) is 0 Å². The van der Waals surface area contributed by atoms with Crippen LogP contribution < -0.4 is 5.73 Å². The first-order valence-corrected chi connectivity index (χ1v) is 6.63. The van der Waals surface area contributed by atoms with Gasteiger partial charge in [-0.15, -0.1) is 0 Å². The summed E-state index contributed by atoms with van der Waals surface area (Å²) in [7, 11) is 2.20. The summed E-state index contributed by atoms with van der Waals surface area (Å²) < 4.78 is 0. The second-order valence-electron chi connectivity index (χ2n) is 5.30. The Kier molecular flexibility index (Phi) is 5.62. The molecule has 3 atom stereocenters. The molecule has 2 aliphatic rings. The van der Waals surface area contributed by atoms with E-state index in [2.05, 4.69) is 25.8 Å². The Morgan fingerprint density at radius 1 is 1.13 bits per heavy atom. The van der Waals surface area contributed by atoms with Gasteiger partial charge in [0.2, 0.25) is 0 Å². The molecule has 0 bridgehead atoms. The van der Waals surface area contributed by atoms with Crippen LogP contribution in [0.1, 0.15) is 46.0 Å². The first-order chi connectivity index (χ1) is 7.19.